The molecule has 1 fully saturated rings. The van der Waals surface area contributed by atoms with E-state index in [0.29, 0.717) is 12.1 Å². The average molecular weight is 378 g/mol. The van der Waals surface area contributed by atoms with Gasteiger partial charge in [0.25, 0.3) is 5.91 Å². The number of nitrogens with zero attached hydrogens (tertiary/aromatic N) is 2. The first-order chi connectivity index (χ1) is 13.7. The van der Waals surface area contributed by atoms with Crippen LogP contribution in [0.1, 0.15) is 28.6 Å². The normalized spacial score (nSPS) is 14.4. The van der Waals surface area contributed by atoms with Gasteiger partial charge in [-0.25, -0.2) is 0 Å². The Kier molecular flexibility index (Phi) is 5.35. The number of morpholine rings is 1. The summed E-state index contributed by atoms with van der Waals surface area (Å²) in [6.07, 6.45) is 0.806. The number of para-hydroxylation sites is 1. The van der Waals surface area contributed by atoms with Crippen LogP contribution in [0.15, 0.2) is 52.9 Å². The molecular formula is C23H26N2O3. The quantitative estimate of drug-likeness (QED) is 0.670. The molecule has 5 heteroatoms. The number of ether oxygens (including phenoxy) is 1. The SMILES string of the molecule is CCc1oc2ccccc2c1CN(C)C(=O)c1ccc(N2CCOCC2)cc1. The summed E-state index contributed by atoms with van der Waals surface area (Å²) in [7, 11) is 1.85. The van der Waals surface area contributed by atoms with Crippen molar-refractivity contribution >= 4 is 22.6 Å². The van der Waals surface area contributed by atoms with Crippen molar-refractivity contribution in [1.82, 2.24) is 4.90 Å². The Morgan fingerprint density at radius 1 is 1.07 bits per heavy atom. The summed E-state index contributed by atoms with van der Waals surface area (Å²) in [5, 5.41) is 1.08. The van der Waals surface area contributed by atoms with Gasteiger partial charge in [0.05, 0.1) is 13.2 Å². The molecule has 28 heavy (non-hydrogen) atoms. The fraction of sp³-hybridized carbons (Fsp3) is 0.348. The highest BCUT2D eigenvalue weighted by atomic mass is 16.5. The Labute approximate surface area is 165 Å². The predicted molar refractivity (Wildman–Crippen MR) is 111 cm³/mol. The summed E-state index contributed by atoms with van der Waals surface area (Å²) in [5.41, 5.74) is 3.81. The number of hydrogen-bond acceptors (Lipinski definition) is 4. The lowest BCUT2D eigenvalue weighted by Crippen LogP contribution is -2.36. The maximum absolute atomic E-state index is 13.0. The number of carbonyl (C=O) groups is 1. The van der Waals surface area contributed by atoms with E-state index in [9.17, 15) is 4.79 Å². The largest absolute Gasteiger partial charge is 0.461 e. The van der Waals surface area contributed by atoms with Gasteiger partial charge in [0, 0.05) is 55.3 Å². The van der Waals surface area contributed by atoms with Gasteiger partial charge < -0.3 is 19.0 Å². The second kappa shape index (κ2) is 8.07. The van der Waals surface area contributed by atoms with E-state index in [1.807, 2.05) is 49.5 Å². The van der Waals surface area contributed by atoms with Crippen LogP contribution in [0, 0.1) is 0 Å². The Bertz CT molecular complexity index is 956. The number of fused-ring (bicyclic) bond motifs is 1. The van der Waals surface area contributed by atoms with Crippen LogP contribution in [0.2, 0.25) is 0 Å². The van der Waals surface area contributed by atoms with Crippen LogP contribution in [0.5, 0.6) is 0 Å². The highest BCUT2D eigenvalue weighted by Gasteiger charge is 2.19. The molecule has 4 rings (SSSR count). The van der Waals surface area contributed by atoms with E-state index < -0.39 is 0 Å². The molecule has 5 nitrogen and oxygen atoms in total. The minimum Gasteiger partial charge on any atom is -0.461 e. The molecule has 3 aromatic rings. The third-order valence-corrected chi connectivity index (χ3v) is 5.34. The Hall–Kier alpha value is -2.79. The van der Waals surface area contributed by atoms with E-state index in [1.165, 1.54) is 0 Å². The molecule has 0 atom stereocenters. The zero-order valence-corrected chi connectivity index (χ0v) is 16.5. The lowest BCUT2D eigenvalue weighted by molar-refractivity contribution is 0.0785. The molecule has 146 valence electrons. The van der Waals surface area contributed by atoms with Crippen molar-refractivity contribution in [3.8, 4) is 0 Å². The van der Waals surface area contributed by atoms with Crippen LogP contribution in [0.4, 0.5) is 5.69 Å². The zero-order valence-electron chi connectivity index (χ0n) is 16.5. The topological polar surface area (TPSA) is 45.9 Å². The van der Waals surface area contributed by atoms with Crippen LogP contribution in [-0.2, 0) is 17.7 Å². The molecule has 0 N–H and O–H groups in total. The fourth-order valence-corrected chi connectivity index (χ4v) is 3.77. The van der Waals surface area contributed by atoms with Crippen LogP contribution in [-0.4, -0.2) is 44.2 Å². The van der Waals surface area contributed by atoms with E-state index >= 15 is 0 Å². The fourth-order valence-electron chi connectivity index (χ4n) is 3.77. The molecule has 0 aliphatic carbocycles. The van der Waals surface area contributed by atoms with Crippen LogP contribution >= 0.6 is 0 Å². The maximum atomic E-state index is 13.0. The summed E-state index contributed by atoms with van der Waals surface area (Å²) < 4.78 is 11.4. The summed E-state index contributed by atoms with van der Waals surface area (Å²) in [6.45, 7) is 5.89. The van der Waals surface area contributed by atoms with Gasteiger partial charge in [-0.1, -0.05) is 25.1 Å². The Morgan fingerprint density at radius 2 is 1.79 bits per heavy atom. The van der Waals surface area contributed by atoms with Crippen molar-refractivity contribution in [3.05, 3.63) is 65.4 Å². The molecule has 1 aromatic heterocycles. The number of furan rings is 1. The first-order valence-electron chi connectivity index (χ1n) is 9.85. The molecule has 0 saturated carbocycles. The highest BCUT2D eigenvalue weighted by Crippen LogP contribution is 2.28. The first kappa shape index (κ1) is 18.6. The standard InChI is InChI=1S/C23H26N2O3/c1-3-21-20(19-6-4-5-7-22(19)28-21)16-24(2)23(26)17-8-10-18(11-9-17)25-12-14-27-15-13-25/h4-11H,3,12-16H2,1-2H3. The molecule has 0 spiro atoms. The lowest BCUT2D eigenvalue weighted by Gasteiger charge is -2.29. The van der Waals surface area contributed by atoms with Crippen LogP contribution in [0.3, 0.4) is 0 Å². The summed E-state index contributed by atoms with van der Waals surface area (Å²) >= 11 is 0. The van der Waals surface area contributed by atoms with E-state index in [1.54, 1.807) is 4.90 Å². The molecular weight excluding hydrogens is 352 g/mol. The zero-order chi connectivity index (χ0) is 19.5. The van der Waals surface area contributed by atoms with Gasteiger partial charge in [0.15, 0.2) is 0 Å². The van der Waals surface area contributed by atoms with Crippen LogP contribution < -0.4 is 4.90 Å². The molecule has 1 amide bonds. The number of carbonyl (C=O) groups excluding carboxylic acids is 1. The number of rotatable bonds is 5. The second-order valence-corrected chi connectivity index (χ2v) is 7.16. The second-order valence-electron chi connectivity index (χ2n) is 7.16. The molecule has 2 heterocycles. The predicted octanol–water partition coefficient (Wildman–Crippen LogP) is 4.10. The molecule has 0 bridgehead atoms. The minimum absolute atomic E-state index is 0.0147. The summed E-state index contributed by atoms with van der Waals surface area (Å²) in [4.78, 5) is 17.0. The third kappa shape index (κ3) is 3.62. The highest BCUT2D eigenvalue weighted by molar-refractivity contribution is 5.94. The molecule has 1 saturated heterocycles. The van der Waals surface area contributed by atoms with E-state index in [4.69, 9.17) is 9.15 Å². The average Bonchev–Trinajstić information content (AvgIpc) is 3.11. The van der Waals surface area contributed by atoms with Gasteiger partial charge in [-0.15, -0.1) is 0 Å². The van der Waals surface area contributed by atoms with Crippen molar-refractivity contribution in [2.24, 2.45) is 0 Å². The molecule has 0 radical (unpaired) electrons. The monoisotopic (exact) mass is 378 g/mol. The number of aryl methyl sites for hydroxylation is 1. The van der Waals surface area contributed by atoms with E-state index in [0.717, 1.165) is 60.7 Å². The van der Waals surface area contributed by atoms with E-state index in [2.05, 4.69) is 17.9 Å². The van der Waals surface area contributed by atoms with Gasteiger partial charge in [-0.05, 0) is 30.3 Å². The van der Waals surface area contributed by atoms with Crippen molar-refractivity contribution in [1.29, 1.82) is 0 Å². The van der Waals surface area contributed by atoms with Gasteiger partial charge in [-0.2, -0.15) is 0 Å². The number of benzene rings is 2. The summed E-state index contributed by atoms with van der Waals surface area (Å²) in [6, 6.07) is 15.9. The number of amides is 1. The van der Waals surface area contributed by atoms with Crippen molar-refractivity contribution in [2.75, 3.05) is 38.3 Å². The minimum atomic E-state index is 0.0147. The first-order valence-corrected chi connectivity index (χ1v) is 9.85. The molecule has 2 aromatic carbocycles. The molecule has 0 unspecified atom stereocenters. The lowest BCUT2D eigenvalue weighted by atomic mass is 10.1. The van der Waals surface area contributed by atoms with Crippen molar-refractivity contribution in [2.45, 2.75) is 19.9 Å². The Morgan fingerprint density at radius 3 is 2.50 bits per heavy atom. The van der Waals surface area contributed by atoms with Gasteiger partial charge >= 0.3 is 0 Å². The number of anilines is 1. The van der Waals surface area contributed by atoms with Crippen molar-refractivity contribution in [3.63, 3.8) is 0 Å². The third-order valence-electron chi connectivity index (χ3n) is 5.34. The Balaban J connectivity index is 1.51. The number of hydrogen-bond donors (Lipinski definition) is 0. The molecule has 1 aliphatic heterocycles. The van der Waals surface area contributed by atoms with Crippen molar-refractivity contribution < 1.29 is 13.9 Å². The van der Waals surface area contributed by atoms with Gasteiger partial charge in [-0.3, -0.25) is 4.79 Å². The van der Waals surface area contributed by atoms with E-state index in [-0.39, 0.29) is 5.91 Å². The maximum Gasteiger partial charge on any atom is 0.253 e. The molecule has 1 aliphatic rings. The van der Waals surface area contributed by atoms with Crippen LogP contribution in [0.25, 0.3) is 11.0 Å². The summed E-state index contributed by atoms with van der Waals surface area (Å²) in [5.74, 6) is 0.962. The van der Waals surface area contributed by atoms with Gasteiger partial charge in [0.1, 0.15) is 11.3 Å². The van der Waals surface area contributed by atoms with Gasteiger partial charge in [0.2, 0.25) is 0 Å². The smallest absolute Gasteiger partial charge is 0.253 e.